The van der Waals surface area contributed by atoms with Crippen LogP contribution in [0.25, 0.3) is 0 Å². The largest absolute Gasteiger partial charge is 0.490 e. The molecule has 1 heterocycles. The fourth-order valence-electron chi connectivity index (χ4n) is 3.75. The van der Waals surface area contributed by atoms with Crippen molar-refractivity contribution in [2.45, 2.75) is 53.2 Å². The lowest BCUT2D eigenvalue weighted by atomic mass is 10.1. The number of nitrogens with one attached hydrogen (secondary N) is 2. The maximum Gasteiger partial charge on any atom is 0.211 e. The molecule has 1 fully saturated rings. The van der Waals surface area contributed by atoms with Crippen molar-refractivity contribution in [3.63, 3.8) is 0 Å². The highest BCUT2D eigenvalue weighted by Crippen LogP contribution is 2.23. The summed E-state index contributed by atoms with van der Waals surface area (Å²) < 4.78 is 31.1. The summed E-state index contributed by atoms with van der Waals surface area (Å²) in [5, 5.41) is 6.68. The van der Waals surface area contributed by atoms with E-state index < -0.39 is 10.0 Å². The quantitative estimate of drug-likeness (QED) is 0.272. The smallest absolute Gasteiger partial charge is 0.211 e. The van der Waals surface area contributed by atoms with Gasteiger partial charge in [0.15, 0.2) is 5.96 Å². The summed E-state index contributed by atoms with van der Waals surface area (Å²) in [5.41, 5.74) is 2.26. The molecule has 2 unspecified atom stereocenters. The van der Waals surface area contributed by atoms with E-state index in [9.17, 15) is 8.42 Å². The van der Waals surface area contributed by atoms with Crippen LogP contribution in [-0.2, 0) is 16.6 Å². The first-order valence-electron chi connectivity index (χ1n) is 10.7. The summed E-state index contributed by atoms with van der Waals surface area (Å²) in [7, 11) is -1.37. The zero-order valence-electron chi connectivity index (χ0n) is 19.6. The lowest BCUT2D eigenvalue weighted by Crippen LogP contribution is -2.40. The molecule has 2 atom stereocenters. The number of guanidine groups is 1. The molecule has 2 rings (SSSR count). The van der Waals surface area contributed by atoms with E-state index in [0.717, 1.165) is 24.2 Å². The molecule has 0 aliphatic carbocycles. The van der Waals surface area contributed by atoms with E-state index in [-0.39, 0.29) is 36.0 Å². The van der Waals surface area contributed by atoms with Gasteiger partial charge < -0.3 is 15.4 Å². The predicted octanol–water partition coefficient (Wildman–Crippen LogP) is 3.37. The van der Waals surface area contributed by atoms with Crippen LogP contribution in [0, 0.1) is 18.8 Å². The van der Waals surface area contributed by atoms with Gasteiger partial charge in [-0.3, -0.25) is 4.99 Å². The van der Waals surface area contributed by atoms with Gasteiger partial charge in [0.25, 0.3) is 0 Å². The summed E-state index contributed by atoms with van der Waals surface area (Å²) in [6.45, 7) is 11.0. The molecular formula is C22H39IN4O3S. The Bertz CT molecular complexity index is 830. The normalized spacial score (nSPS) is 18.5. The summed E-state index contributed by atoms with van der Waals surface area (Å²) >= 11 is 0. The van der Waals surface area contributed by atoms with Crippen molar-refractivity contribution >= 4 is 40.0 Å². The van der Waals surface area contributed by atoms with E-state index in [1.807, 2.05) is 0 Å². The molecular weight excluding hydrogens is 527 g/mol. The number of aliphatic imine (C=N–C) groups is 1. The Morgan fingerprint density at radius 2 is 2.00 bits per heavy atom. The van der Waals surface area contributed by atoms with Crippen LogP contribution in [0.1, 0.15) is 44.7 Å². The van der Waals surface area contributed by atoms with Crippen molar-refractivity contribution < 1.29 is 13.2 Å². The van der Waals surface area contributed by atoms with Gasteiger partial charge in [-0.25, -0.2) is 12.7 Å². The van der Waals surface area contributed by atoms with Crippen molar-refractivity contribution in [2.24, 2.45) is 16.8 Å². The van der Waals surface area contributed by atoms with Crippen molar-refractivity contribution in [3.05, 3.63) is 29.3 Å². The van der Waals surface area contributed by atoms with Crippen LogP contribution in [-0.4, -0.2) is 57.7 Å². The van der Waals surface area contributed by atoms with Gasteiger partial charge in [-0.05, 0) is 50.2 Å². The molecule has 9 heteroatoms. The predicted molar refractivity (Wildman–Crippen MR) is 139 cm³/mol. The summed E-state index contributed by atoms with van der Waals surface area (Å²) in [6, 6.07) is 6.27. The third-order valence-corrected chi connectivity index (χ3v) is 6.57. The van der Waals surface area contributed by atoms with Crippen LogP contribution >= 0.6 is 24.0 Å². The maximum absolute atomic E-state index is 11.7. The van der Waals surface area contributed by atoms with Gasteiger partial charge in [0, 0.05) is 38.8 Å². The monoisotopic (exact) mass is 566 g/mol. The topological polar surface area (TPSA) is 83.0 Å². The number of aryl methyl sites for hydroxylation is 1. The van der Waals surface area contributed by atoms with Gasteiger partial charge in [0.2, 0.25) is 10.0 Å². The number of sulfonamides is 1. The highest BCUT2D eigenvalue weighted by molar-refractivity contribution is 14.0. The molecule has 2 N–H and O–H groups in total. The average molecular weight is 567 g/mol. The third kappa shape index (κ3) is 9.53. The van der Waals surface area contributed by atoms with Crippen molar-refractivity contribution in [3.8, 4) is 5.75 Å². The summed E-state index contributed by atoms with van der Waals surface area (Å²) in [5.74, 6) is 2.48. The van der Waals surface area contributed by atoms with Gasteiger partial charge in [0.1, 0.15) is 5.75 Å². The van der Waals surface area contributed by atoms with Gasteiger partial charge in [-0.1, -0.05) is 26.0 Å². The minimum atomic E-state index is -3.11. The van der Waals surface area contributed by atoms with Gasteiger partial charge in [-0.2, -0.15) is 0 Å². The number of ether oxygens (including phenoxy) is 1. The molecule has 0 amide bonds. The molecule has 31 heavy (non-hydrogen) atoms. The molecule has 0 aromatic heterocycles. The molecule has 1 aromatic carbocycles. The number of hydrogen-bond donors (Lipinski definition) is 2. The van der Waals surface area contributed by atoms with Crippen LogP contribution in [0.4, 0.5) is 0 Å². The van der Waals surface area contributed by atoms with Crippen molar-refractivity contribution in [1.29, 1.82) is 0 Å². The highest BCUT2D eigenvalue weighted by atomic mass is 127. The lowest BCUT2D eigenvalue weighted by Gasteiger charge is -2.21. The van der Waals surface area contributed by atoms with Gasteiger partial charge >= 0.3 is 0 Å². The van der Waals surface area contributed by atoms with Crippen LogP contribution in [0.5, 0.6) is 5.75 Å². The average Bonchev–Trinajstić information content (AvgIpc) is 3.12. The van der Waals surface area contributed by atoms with E-state index in [1.54, 1.807) is 11.4 Å². The number of halogens is 1. The van der Waals surface area contributed by atoms with Gasteiger partial charge in [-0.15, -0.1) is 24.0 Å². The molecule has 178 valence electrons. The fourth-order valence-corrected chi connectivity index (χ4v) is 4.67. The number of nitrogens with zero attached hydrogens (tertiary/aromatic N) is 2. The Hall–Kier alpha value is -1.07. The van der Waals surface area contributed by atoms with Crippen LogP contribution in [0.15, 0.2) is 23.2 Å². The zero-order chi connectivity index (χ0) is 22.3. The SMILES string of the molecule is CN=C(NCc1ccc(C)cc1OC(C)CC(C)C)NCC1CCN(S(C)(=O)=O)C1.I. The Kier molecular flexibility index (Phi) is 11.6. The number of benzene rings is 1. The Labute approximate surface area is 205 Å². The van der Waals surface area contributed by atoms with E-state index in [0.29, 0.717) is 38.1 Å². The molecule has 0 radical (unpaired) electrons. The highest BCUT2D eigenvalue weighted by Gasteiger charge is 2.28. The maximum atomic E-state index is 11.7. The first-order chi connectivity index (χ1) is 14.1. The number of hydrogen-bond acceptors (Lipinski definition) is 4. The second-order valence-electron chi connectivity index (χ2n) is 8.75. The molecule has 0 spiro atoms. The zero-order valence-corrected chi connectivity index (χ0v) is 22.8. The van der Waals surface area contributed by atoms with E-state index in [1.165, 1.54) is 11.8 Å². The molecule has 1 aliphatic rings. The van der Waals surface area contributed by atoms with Crippen molar-refractivity contribution in [2.75, 3.05) is 32.9 Å². The first-order valence-corrected chi connectivity index (χ1v) is 12.6. The van der Waals surface area contributed by atoms with Crippen LogP contribution in [0.2, 0.25) is 0 Å². The van der Waals surface area contributed by atoms with E-state index >= 15 is 0 Å². The number of rotatable bonds is 9. The lowest BCUT2D eigenvalue weighted by molar-refractivity contribution is 0.191. The Morgan fingerprint density at radius 1 is 1.29 bits per heavy atom. The van der Waals surface area contributed by atoms with Crippen LogP contribution < -0.4 is 15.4 Å². The van der Waals surface area contributed by atoms with Crippen LogP contribution in [0.3, 0.4) is 0 Å². The Balaban J connectivity index is 0.00000480. The van der Waals surface area contributed by atoms with Crippen molar-refractivity contribution in [1.82, 2.24) is 14.9 Å². The minimum absolute atomic E-state index is 0. The third-order valence-electron chi connectivity index (χ3n) is 5.30. The minimum Gasteiger partial charge on any atom is -0.490 e. The second kappa shape index (κ2) is 12.8. The molecule has 0 bridgehead atoms. The summed E-state index contributed by atoms with van der Waals surface area (Å²) in [6.07, 6.45) is 3.30. The molecule has 0 saturated carbocycles. The molecule has 1 aromatic rings. The molecule has 1 saturated heterocycles. The first kappa shape index (κ1) is 28.0. The fraction of sp³-hybridized carbons (Fsp3) is 0.682. The second-order valence-corrected chi connectivity index (χ2v) is 10.7. The van der Waals surface area contributed by atoms with E-state index in [4.69, 9.17) is 4.74 Å². The standard InChI is InChI=1S/C22H38N4O3S.HI/c1-16(2)11-18(4)29-21-12-17(3)7-8-20(21)14-25-22(23-5)24-13-19-9-10-26(15-19)30(6,27)28;/h7-8,12,16,18-19H,9-11,13-15H2,1-6H3,(H2,23,24,25);1H. The molecule has 7 nitrogen and oxygen atoms in total. The van der Waals surface area contributed by atoms with Gasteiger partial charge in [0.05, 0.1) is 12.4 Å². The molecule has 1 aliphatic heterocycles. The van der Waals surface area contributed by atoms with E-state index in [2.05, 4.69) is 61.5 Å². The summed E-state index contributed by atoms with van der Waals surface area (Å²) in [4.78, 5) is 4.30. The Morgan fingerprint density at radius 3 is 2.58 bits per heavy atom.